The highest BCUT2D eigenvalue weighted by Crippen LogP contribution is 2.24. The van der Waals surface area contributed by atoms with E-state index in [1.165, 1.54) is 0 Å². The maximum absolute atomic E-state index is 12.2. The number of carbonyl (C=O) groups excluding carboxylic acids is 1. The van der Waals surface area contributed by atoms with Gasteiger partial charge in [-0.3, -0.25) is 4.79 Å². The lowest BCUT2D eigenvalue weighted by atomic mass is 9.88. The number of nitrogens with one attached hydrogen (secondary N) is 1. The Balaban J connectivity index is 2.05. The van der Waals surface area contributed by atoms with Crippen LogP contribution < -0.4 is 0 Å². The molecule has 0 radical (unpaired) electrons. The third kappa shape index (κ3) is 1.96. The fraction of sp³-hybridized carbons (Fsp3) is 0.667. The second-order valence-corrected chi connectivity index (χ2v) is 4.28. The Kier molecular flexibility index (Phi) is 3.27. The van der Waals surface area contributed by atoms with Crippen LogP contribution in [0.2, 0.25) is 0 Å². The number of H-pyrrole nitrogens is 1. The van der Waals surface area contributed by atoms with Crippen molar-refractivity contribution in [3.05, 3.63) is 17.7 Å². The van der Waals surface area contributed by atoms with Crippen molar-refractivity contribution in [2.24, 2.45) is 5.92 Å². The average molecular weight is 221 g/mol. The third-order valence-corrected chi connectivity index (χ3v) is 3.41. The summed E-state index contributed by atoms with van der Waals surface area (Å²) in [6.45, 7) is 5.68. The fourth-order valence-corrected chi connectivity index (χ4v) is 2.41. The quantitative estimate of drug-likeness (QED) is 0.838. The molecule has 2 rings (SSSR count). The monoisotopic (exact) mass is 221 g/mol. The number of imidazole rings is 1. The van der Waals surface area contributed by atoms with Crippen LogP contribution in [-0.4, -0.2) is 33.9 Å². The Bertz CT molecular complexity index is 368. The summed E-state index contributed by atoms with van der Waals surface area (Å²) in [6.07, 6.45) is 4.42. The molecule has 1 unspecified atom stereocenters. The first-order chi connectivity index (χ1) is 7.76. The molecule has 1 aromatic heterocycles. The Morgan fingerprint density at radius 1 is 1.56 bits per heavy atom. The number of nitrogens with zero attached hydrogens (tertiary/aromatic N) is 2. The molecule has 16 heavy (non-hydrogen) atoms. The summed E-state index contributed by atoms with van der Waals surface area (Å²) in [7, 11) is 0. The molecule has 1 atom stereocenters. The van der Waals surface area contributed by atoms with Crippen LogP contribution in [0.1, 0.15) is 31.7 Å². The van der Waals surface area contributed by atoms with Crippen LogP contribution >= 0.6 is 0 Å². The summed E-state index contributed by atoms with van der Waals surface area (Å²) in [6, 6.07) is 0. The number of hydrogen-bond donors (Lipinski definition) is 1. The molecule has 4 heteroatoms. The number of fused-ring (bicyclic) bond motifs is 1. The number of aryl methyl sites for hydroxylation is 1. The molecule has 4 nitrogen and oxygen atoms in total. The van der Waals surface area contributed by atoms with Crippen LogP contribution in [0.25, 0.3) is 0 Å². The summed E-state index contributed by atoms with van der Waals surface area (Å²) < 4.78 is 0. The average Bonchev–Trinajstić information content (AvgIpc) is 2.77. The molecule has 0 spiro atoms. The zero-order chi connectivity index (χ0) is 11.5. The van der Waals surface area contributed by atoms with Crippen molar-refractivity contribution < 1.29 is 4.79 Å². The first-order valence-corrected chi connectivity index (χ1v) is 6.06. The van der Waals surface area contributed by atoms with Gasteiger partial charge in [0.05, 0.1) is 12.0 Å². The standard InChI is InChI=1S/C12H19N3O/c1-3-15(4-2)12(16)9-5-6-10-11(7-9)14-8-13-10/h8-9H,3-7H2,1-2H3,(H,13,14). The van der Waals surface area contributed by atoms with E-state index in [-0.39, 0.29) is 5.92 Å². The molecule has 1 N–H and O–H groups in total. The zero-order valence-corrected chi connectivity index (χ0v) is 9.99. The lowest BCUT2D eigenvalue weighted by Crippen LogP contribution is -2.38. The molecular formula is C12H19N3O. The zero-order valence-electron chi connectivity index (χ0n) is 9.99. The maximum atomic E-state index is 12.2. The summed E-state index contributed by atoms with van der Waals surface area (Å²) >= 11 is 0. The van der Waals surface area contributed by atoms with Crippen molar-refractivity contribution in [1.29, 1.82) is 0 Å². The minimum atomic E-state index is 0.146. The summed E-state index contributed by atoms with van der Waals surface area (Å²) in [4.78, 5) is 21.5. The molecule has 0 saturated carbocycles. The predicted octanol–water partition coefficient (Wildman–Crippen LogP) is 1.38. The molecule has 1 aliphatic carbocycles. The van der Waals surface area contributed by atoms with Gasteiger partial charge in [0.1, 0.15) is 0 Å². The number of aromatic nitrogens is 2. The van der Waals surface area contributed by atoms with Gasteiger partial charge in [-0.15, -0.1) is 0 Å². The van der Waals surface area contributed by atoms with E-state index in [0.717, 1.165) is 43.7 Å². The predicted molar refractivity (Wildman–Crippen MR) is 62.0 cm³/mol. The number of amides is 1. The second kappa shape index (κ2) is 4.68. The fourth-order valence-electron chi connectivity index (χ4n) is 2.41. The molecular weight excluding hydrogens is 202 g/mol. The van der Waals surface area contributed by atoms with E-state index < -0.39 is 0 Å². The van der Waals surface area contributed by atoms with Gasteiger partial charge in [-0.1, -0.05) is 0 Å². The highest BCUT2D eigenvalue weighted by Gasteiger charge is 2.28. The largest absolute Gasteiger partial charge is 0.348 e. The van der Waals surface area contributed by atoms with Crippen LogP contribution in [0.3, 0.4) is 0 Å². The van der Waals surface area contributed by atoms with Gasteiger partial charge in [0, 0.05) is 31.1 Å². The second-order valence-electron chi connectivity index (χ2n) is 4.28. The number of aromatic amines is 1. The van der Waals surface area contributed by atoms with Gasteiger partial charge in [-0.2, -0.15) is 0 Å². The first kappa shape index (κ1) is 11.2. The number of carbonyl (C=O) groups is 1. The Hall–Kier alpha value is -1.32. The van der Waals surface area contributed by atoms with E-state index in [4.69, 9.17) is 0 Å². The van der Waals surface area contributed by atoms with Crippen LogP contribution in [0.5, 0.6) is 0 Å². The first-order valence-electron chi connectivity index (χ1n) is 6.06. The lowest BCUT2D eigenvalue weighted by molar-refractivity contribution is -0.135. The smallest absolute Gasteiger partial charge is 0.226 e. The van der Waals surface area contributed by atoms with E-state index in [9.17, 15) is 4.79 Å². The van der Waals surface area contributed by atoms with Gasteiger partial charge in [0.15, 0.2) is 0 Å². The molecule has 1 aromatic rings. The molecule has 0 saturated heterocycles. The van der Waals surface area contributed by atoms with E-state index in [2.05, 4.69) is 9.97 Å². The topological polar surface area (TPSA) is 49.0 Å². The van der Waals surface area contributed by atoms with E-state index in [1.54, 1.807) is 6.33 Å². The molecule has 1 amide bonds. The van der Waals surface area contributed by atoms with Gasteiger partial charge in [0.2, 0.25) is 5.91 Å². The van der Waals surface area contributed by atoms with Crippen LogP contribution in [-0.2, 0) is 17.6 Å². The minimum Gasteiger partial charge on any atom is -0.348 e. The molecule has 1 aliphatic rings. The van der Waals surface area contributed by atoms with Gasteiger partial charge in [-0.25, -0.2) is 4.98 Å². The number of rotatable bonds is 3. The molecule has 0 fully saturated rings. The normalized spacial score (nSPS) is 19.2. The Morgan fingerprint density at radius 3 is 3.00 bits per heavy atom. The van der Waals surface area contributed by atoms with E-state index in [1.807, 2.05) is 18.7 Å². The van der Waals surface area contributed by atoms with Crippen LogP contribution in [0, 0.1) is 5.92 Å². The van der Waals surface area contributed by atoms with E-state index in [0.29, 0.717) is 5.91 Å². The van der Waals surface area contributed by atoms with Crippen LogP contribution in [0.4, 0.5) is 0 Å². The SMILES string of the molecule is CCN(CC)C(=O)C1CCc2nc[nH]c2C1. The summed E-state index contributed by atoms with van der Waals surface area (Å²) in [5.74, 6) is 0.443. The van der Waals surface area contributed by atoms with Gasteiger partial charge >= 0.3 is 0 Å². The summed E-state index contributed by atoms with van der Waals surface area (Å²) in [5.41, 5.74) is 2.29. The highest BCUT2D eigenvalue weighted by atomic mass is 16.2. The Morgan fingerprint density at radius 2 is 2.31 bits per heavy atom. The minimum absolute atomic E-state index is 0.146. The number of hydrogen-bond acceptors (Lipinski definition) is 2. The van der Waals surface area contributed by atoms with Crippen LogP contribution in [0.15, 0.2) is 6.33 Å². The lowest BCUT2D eigenvalue weighted by Gasteiger charge is -2.27. The van der Waals surface area contributed by atoms with Crippen molar-refractivity contribution in [3.8, 4) is 0 Å². The van der Waals surface area contributed by atoms with Crippen molar-refractivity contribution in [2.45, 2.75) is 33.1 Å². The van der Waals surface area contributed by atoms with Gasteiger partial charge < -0.3 is 9.88 Å². The van der Waals surface area contributed by atoms with Crippen molar-refractivity contribution >= 4 is 5.91 Å². The molecule has 0 aliphatic heterocycles. The Labute approximate surface area is 96.1 Å². The van der Waals surface area contributed by atoms with Gasteiger partial charge in [0.25, 0.3) is 0 Å². The summed E-state index contributed by atoms with van der Waals surface area (Å²) in [5, 5.41) is 0. The molecule has 1 heterocycles. The van der Waals surface area contributed by atoms with Crippen molar-refractivity contribution in [1.82, 2.24) is 14.9 Å². The molecule has 88 valence electrons. The van der Waals surface area contributed by atoms with E-state index >= 15 is 0 Å². The highest BCUT2D eigenvalue weighted by molar-refractivity contribution is 5.79. The van der Waals surface area contributed by atoms with Crippen molar-refractivity contribution in [2.75, 3.05) is 13.1 Å². The molecule has 0 aromatic carbocycles. The maximum Gasteiger partial charge on any atom is 0.226 e. The third-order valence-electron chi connectivity index (χ3n) is 3.41. The molecule has 0 bridgehead atoms. The van der Waals surface area contributed by atoms with Gasteiger partial charge in [-0.05, 0) is 26.7 Å². The van der Waals surface area contributed by atoms with Crippen molar-refractivity contribution in [3.63, 3.8) is 0 Å².